The van der Waals surface area contributed by atoms with Gasteiger partial charge in [0.05, 0.1) is 36.5 Å². The van der Waals surface area contributed by atoms with Crippen molar-refractivity contribution in [2.75, 3.05) is 26.6 Å². The molecular formula is C24H23ClF2N4O7. The number of fused-ring (bicyclic) bond motifs is 1. The summed E-state index contributed by atoms with van der Waals surface area (Å²) < 4.78 is 44.4. The molecule has 2 amide bonds. The molecule has 1 aliphatic heterocycles. The lowest BCUT2D eigenvalue weighted by Crippen LogP contribution is -2.46. The molecule has 4 N–H and O–H groups in total. The molecule has 0 bridgehead atoms. The average Bonchev–Trinajstić information content (AvgIpc) is 2.90. The van der Waals surface area contributed by atoms with Gasteiger partial charge in [-0.3, -0.25) is 14.4 Å². The number of carbonyl (C=O) groups excluding carboxylic acids is 2. The van der Waals surface area contributed by atoms with Crippen LogP contribution in [0.4, 0.5) is 8.78 Å². The Balaban J connectivity index is 1.39. The number of amides is 2. The number of ether oxygens (including phenoxy) is 3. The van der Waals surface area contributed by atoms with Crippen molar-refractivity contribution in [3.63, 3.8) is 0 Å². The number of nitrogens with one attached hydrogen (secondary N) is 3. The summed E-state index contributed by atoms with van der Waals surface area (Å²) in [6.45, 7) is -0.507. The summed E-state index contributed by atoms with van der Waals surface area (Å²) in [5.41, 5.74) is -0.216. The summed E-state index contributed by atoms with van der Waals surface area (Å²) in [4.78, 5) is 43.4. The average molecular weight is 553 g/mol. The number of hydrogen-bond acceptors (Lipinski definition) is 8. The lowest BCUT2D eigenvalue weighted by atomic mass is 10.2. The Morgan fingerprint density at radius 1 is 1.16 bits per heavy atom. The van der Waals surface area contributed by atoms with Gasteiger partial charge in [0, 0.05) is 13.0 Å². The van der Waals surface area contributed by atoms with Crippen LogP contribution >= 0.6 is 11.6 Å². The van der Waals surface area contributed by atoms with Crippen molar-refractivity contribution in [1.29, 1.82) is 0 Å². The first-order chi connectivity index (χ1) is 18.3. The fourth-order valence-electron chi connectivity index (χ4n) is 3.69. The van der Waals surface area contributed by atoms with Crippen molar-refractivity contribution in [3.05, 3.63) is 68.7 Å². The van der Waals surface area contributed by atoms with Crippen molar-refractivity contribution in [3.8, 4) is 5.75 Å². The maximum atomic E-state index is 14.6. The van der Waals surface area contributed by atoms with Crippen LogP contribution in [-0.2, 0) is 20.8 Å². The Hall–Kier alpha value is -3.65. The number of hydrogen-bond donors (Lipinski definition) is 4. The molecule has 2 aromatic carbocycles. The number of aromatic nitrogens is 2. The summed E-state index contributed by atoms with van der Waals surface area (Å²) in [6.07, 6.45) is -1.02. The number of nitrogens with zero attached hydrogens (tertiary/aromatic N) is 1. The van der Waals surface area contributed by atoms with E-state index in [0.717, 1.165) is 12.1 Å². The number of aliphatic hydroxyl groups is 1. The maximum Gasteiger partial charge on any atom is 0.287 e. The van der Waals surface area contributed by atoms with Gasteiger partial charge in [-0.1, -0.05) is 17.7 Å². The molecule has 2 unspecified atom stereocenters. The fraction of sp³-hybridized carbons (Fsp3) is 0.333. The largest absolute Gasteiger partial charge is 0.489 e. The third-order valence-electron chi connectivity index (χ3n) is 5.63. The van der Waals surface area contributed by atoms with Gasteiger partial charge in [-0.2, -0.15) is 0 Å². The van der Waals surface area contributed by atoms with E-state index in [4.69, 9.17) is 30.9 Å². The molecule has 202 valence electrons. The fourth-order valence-corrected chi connectivity index (χ4v) is 3.89. The van der Waals surface area contributed by atoms with Crippen molar-refractivity contribution in [1.82, 2.24) is 20.6 Å². The van der Waals surface area contributed by atoms with Gasteiger partial charge in [-0.25, -0.2) is 13.8 Å². The van der Waals surface area contributed by atoms with Crippen molar-refractivity contribution < 1.29 is 37.7 Å². The highest BCUT2D eigenvalue weighted by atomic mass is 35.5. The lowest BCUT2D eigenvalue weighted by Gasteiger charge is -2.28. The van der Waals surface area contributed by atoms with E-state index in [2.05, 4.69) is 20.6 Å². The molecule has 3 aromatic rings. The van der Waals surface area contributed by atoms with Crippen LogP contribution < -0.4 is 20.9 Å². The van der Waals surface area contributed by atoms with Crippen LogP contribution in [-0.4, -0.2) is 65.6 Å². The Labute approximate surface area is 219 Å². The lowest BCUT2D eigenvalue weighted by molar-refractivity contribution is -0.162. The van der Waals surface area contributed by atoms with Crippen LogP contribution in [0.1, 0.15) is 22.6 Å². The summed E-state index contributed by atoms with van der Waals surface area (Å²) in [5.74, 6) is -3.24. The van der Waals surface area contributed by atoms with Crippen LogP contribution in [0.25, 0.3) is 10.9 Å². The van der Waals surface area contributed by atoms with Gasteiger partial charge in [0.25, 0.3) is 17.4 Å². The third kappa shape index (κ3) is 6.42. The van der Waals surface area contributed by atoms with Crippen LogP contribution in [0.3, 0.4) is 0 Å². The summed E-state index contributed by atoms with van der Waals surface area (Å²) in [6, 6.07) is 6.28. The number of benzene rings is 2. The molecule has 2 heterocycles. The Morgan fingerprint density at radius 2 is 1.95 bits per heavy atom. The SMILES string of the molecule is O=C(NCc1ccc(F)c(Cl)c1)c1nc2ccc(F)c(OCCC3COC(C(=O)NCO)CO3)c2c(=O)[nH]1. The predicted octanol–water partition coefficient (Wildman–Crippen LogP) is 1.40. The van der Waals surface area contributed by atoms with E-state index >= 15 is 0 Å². The van der Waals surface area contributed by atoms with Crippen LogP contribution in [0.2, 0.25) is 5.02 Å². The van der Waals surface area contributed by atoms with Gasteiger partial charge in [0.2, 0.25) is 0 Å². The molecule has 0 aliphatic carbocycles. The van der Waals surface area contributed by atoms with Gasteiger partial charge in [0.15, 0.2) is 23.5 Å². The van der Waals surface area contributed by atoms with E-state index in [1.807, 2.05) is 0 Å². The maximum absolute atomic E-state index is 14.6. The van der Waals surface area contributed by atoms with Gasteiger partial charge >= 0.3 is 0 Å². The third-order valence-corrected chi connectivity index (χ3v) is 5.92. The molecule has 1 fully saturated rings. The molecule has 1 saturated heterocycles. The second-order valence-corrected chi connectivity index (χ2v) is 8.64. The number of aliphatic hydroxyl groups excluding tert-OH is 1. The number of halogens is 3. The van der Waals surface area contributed by atoms with Gasteiger partial charge < -0.3 is 34.9 Å². The first-order valence-electron chi connectivity index (χ1n) is 11.5. The van der Waals surface area contributed by atoms with Crippen molar-refractivity contribution in [2.24, 2.45) is 0 Å². The van der Waals surface area contributed by atoms with Gasteiger partial charge in [-0.15, -0.1) is 0 Å². The van der Waals surface area contributed by atoms with E-state index in [1.54, 1.807) is 0 Å². The molecular weight excluding hydrogens is 530 g/mol. The zero-order valence-corrected chi connectivity index (χ0v) is 20.5. The predicted molar refractivity (Wildman–Crippen MR) is 130 cm³/mol. The molecule has 0 saturated carbocycles. The first kappa shape index (κ1) is 27.4. The van der Waals surface area contributed by atoms with E-state index < -0.39 is 47.9 Å². The zero-order valence-electron chi connectivity index (χ0n) is 19.8. The van der Waals surface area contributed by atoms with E-state index in [-0.39, 0.29) is 60.3 Å². The van der Waals surface area contributed by atoms with Gasteiger partial charge in [-0.05, 0) is 29.8 Å². The number of rotatable bonds is 9. The Morgan fingerprint density at radius 3 is 2.66 bits per heavy atom. The van der Waals surface area contributed by atoms with E-state index in [0.29, 0.717) is 5.56 Å². The van der Waals surface area contributed by atoms with E-state index in [1.165, 1.54) is 18.2 Å². The molecule has 11 nitrogen and oxygen atoms in total. The number of aromatic amines is 1. The molecule has 38 heavy (non-hydrogen) atoms. The Kier molecular flexibility index (Phi) is 8.84. The molecule has 1 aliphatic rings. The highest BCUT2D eigenvalue weighted by molar-refractivity contribution is 6.30. The molecule has 0 radical (unpaired) electrons. The van der Waals surface area contributed by atoms with Crippen molar-refractivity contribution >= 4 is 34.3 Å². The minimum absolute atomic E-state index is 0.00182. The molecule has 14 heteroatoms. The van der Waals surface area contributed by atoms with Crippen LogP contribution in [0.15, 0.2) is 35.1 Å². The number of carbonyl (C=O) groups is 2. The summed E-state index contributed by atoms with van der Waals surface area (Å²) >= 11 is 5.74. The summed E-state index contributed by atoms with van der Waals surface area (Å²) in [5, 5.41) is 13.2. The quantitative estimate of drug-likeness (QED) is 0.291. The molecule has 2 atom stereocenters. The number of H-pyrrole nitrogens is 1. The van der Waals surface area contributed by atoms with Gasteiger partial charge in [0.1, 0.15) is 17.9 Å². The minimum Gasteiger partial charge on any atom is -0.489 e. The minimum atomic E-state index is -0.848. The second kappa shape index (κ2) is 12.3. The van der Waals surface area contributed by atoms with Crippen LogP contribution in [0, 0.1) is 11.6 Å². The summed E-state index contributed by atoms with van der Waals surface area (Å²) in [7, 11) is 0. The highest BCUT2D eigenvalue weighted by Crippen LogP contribution is 2.26. The van der Waals surface area contributed by atoms with Crippen LogP contribution in [0.5, 0.6) is 5.75 Å². The smallest absolute Gasteiger partial charge is 0.287 e. The second-order valence-electron chi connectivity index (χ2n) is 8.23. The molecule has 0 spiro atoms. The Bertz CT molecular complexity index is 1400. The normalized spacial score (nSPS) is 17.3. The van der Waals surface area contributed by atoms with E-state index in [9.17, 15) is 23.2 Å². The monoisotopic (exact) mass is 552 g/mol. The molecule has 1 aromatic heterocycles. The highest BCUT2D eigenvalue weighted by Gasteiger charge is 2.27. The molecule has 4 rings (SSSR count). The first-order valence-corrected chi connectivity index (χ1v) is 11.8. The standard InChI is InChI=1S/C24H23ClF2N4O7/c25-14-7-12(1-2-15(14)26)8-28-24(35)21-30-17-4-3-16(27)20(19(17)23(34)31-21)36-6-5-13-9-38-18(10-37-13)22(33)29-11-32/h1-4,7,13,18,32H,5-6,8-11H2,(H,28,35)(H,29,33)(H,30,31,34). The van der Waals surface area contributed by atoms with Crippen molar-refractivity contribution in [2.45, 2.75) is 25.2 Å². The zero-order chi connectivity index (χ0) is 27.2. The topological polar surface area (TPSA) is 152 Å².